The maximum atomic E-state index is 3.04. The van der Waals surface area contributed by atoms with Crippen molar-refractivity contribution >= 4 is 22.9 Å². The Balaban J connectivity index is 0. The number of halogens is 1. The standard InChI is InChI=1S/C4H10IN/c1-2-3-4-6-5/h6H,2-4H2,1H3/p+1. The van der Waals surface area contributed by atoms with Crippen LogP contribution in [0.1, 0.15) is 21.2 Å². The number of unbranched alkanes of at least 4 members (excludes halogenated alkanes) is 1. The molecule has 0 aromatic heterocycles. The molecule has 0 unspecified atom stereocenters. The lowest BCUT2D eigenvalue weighted by atomic mass is 10.3. The first-order valence-electron chi connectivity index (χ1n) is 2.25. The Hall–Kier alpha value is 0.690. The predicted octanol–water partition coefficient (Wildman–Crippen LogP) is 1.84. The second-order valence-corrected chi connectivity index (χ2v) is 2.00. The first-order valence-corrected chi connectivity index (χ1v) is 3.33. The Morgan fingerprint density at radius 1 is 1.83 bits per heavy atom. The fraction of sp³-hybridized carbons (Fsp3) is 1.00. The largest absolute Gasteiger partial charge is 1.00 e. The molecular weight excluding hydrogens is 189 g/mol. The zero-order valence-electron chi connectivity index (χ0n) is 5.00. The van der Waals surface area contributed by atoms with Crippen LogP contribution < -0.4 is 3.53 Å². The zero-order chi connectivity index (χ0) is 4.83. The maximum absolute atomic E-state index is 3.04. The monoisotopic (exact) mass is 200 g/mol. The van der Waals surface area contributed by atoms with Crippen LogP contribution in [0.4, 0.5) is 0 Å². The van der Waals surface area contributed by atoms with E-state index in [9.17, 15) is 0 Å². The fourth-order valence-electron chi connectivity index (χ4n) is 0.244. The summed E-state index contributed by atoms with van der Waals surface area (Å²) in [6.07, 6.45) is 2.58. The van der Waals surface area contributed by atoms with Crippen molar-refractivity contribution in [1.82, 2.24) is 3.53 Å². The highest BCUT2D eigenvalue weighted by Gasteiger charge is 1.74. The minimum atomic E-state index is 0. The molecule has 2 heteroatoms. The molecule has 0 spiro atoms. The number of rotatable bonds is 3. The summed E-state index contributed by atoms with van der Waals surface area (Å²) in [6.45, 7) is 3.34. The average molecular weight is 200 g/mol. The van der Waals surface area contributed by atoms with E-state index in [1.807, 2.05) is 0 Å². The van der Waals surface area contributed by atoms with Crippen molar-refractivity contribution in [3.05, 3.63) is 0 Å². The van der Waals surface area contributed by atoms with Gasteiger partial charge >= 0.3 is 1.43 Å². The summed E-state index contributed by atoms with van der Waals surface area (Å²) >= 11 is 2.16. The van der Waals surface area contributed by atoms with Crippen molar-refractivity contribution in [3.8, 4) is 0 Å². The van der Waals surface area contributed by atoms with Gasteiger partial charge in [-0.25, -0.2) is 0 Å². The van der Waals surface area contributed by atoms with Gasteiger partial charge in [0.15, 0.2) is 0 Å². The SMILES string of the molecule is CCCCNI.[H+]. The molecule has 38 valence electrons. The van der Waals surface area contributed by atoms with Gasteiger partial charge in [0, 0.05) is 29.4 Å². The Morgan fingerprint density at radius 2 is 2.50 bits per heavy atom. The van der Waals surface area contributed by atoms with Gasteiger partial charge in [0.05, 0.1) is 0 Å². The summed E-state index contributed by atoms with van der Waals surface area (Å²) in [4.78, 5) is 0. The highest BCUT2D eigenvalue weighted by Crippen LogP contribution is 1.82. The van der Waals surface area contributed by atoms with Crippen LogP contribution >= 0.6 is 22.9 Å². The van der Waals surface area contributed by atoms with Crippen molar-refractivity contribution in [1.29, 1.82) is 0 Å². The normalized spacial score (nSPS) is 9.00. The Labute approximate surface area is 54.5 Å². The molecule has 0 bridgehead atoms. The van der Waals surface area contributed by atoms with Gasteiger partial charge in [-0.3, -0.25) is 3.53 Å². The molecule has 0 aromatic rings. The molecule has 0 aliphatic heterocycles. The van der Waals surface area contributed by atoms with Crippen LogP contribution in [-0.4, -0.2) is 6.54 Å². The van der Waals surface area contributed by atoms with E-state index < -0.39 is 0 Å². The van der Waals surface area contributed by atoms with Crippen molar-refractivity contribution in [2.45, 2.75) is 19.8 Å². The van der Waals surface area contributed by atoms with Gasteiger partial charge in [-0.15, -0.1) is 0 Å². The summed E-state index contributed by atoms with van der Waals surface area (Å²) in [7, 11) is 0. The number of nitrogens with one attached hydrogen (secondary N) is 1. The minimum absolute atomic E-state index is 0. The molecule has 0 saturated heterocycles. The molecule has 0 aromatic carbocycles. The molecule has 1 N–H and O–H groups in total. The number of hydrogen-bond acceptors (Lipinski definition) is 1. The van der Waals surface area contributed by atoms with E-state index >= 15 is 0 Å². The van der Waals surface area contributed by atoms with Crippen LogP contribution in [-0.2, 0) is 0 Å². The molecule has 0 aliphatic rings. The lowest BCUT2D eigenvalue weighted by Crippen LogP contribution is -1.97. The second kappa shape index (κ2) is 5.69. The molecule has 0 amide bonds. The van der Waals surface area contributed by atoms with E-state index in [1.54, 1.807) is 0 Å². The van der Waals surface area contributed by atoms with E-state index in [4.69, 9.17) is 0 Å². The predicted molar refractivity (Wildman–Crippen MR) is 38.0 cm³/mol. The van der Waals surface area contributed by atoms with Crippen molar-refractivity contribution < 1.29 is 1.43 Å². The molecule has 1 nitrogen and oxygen atoms in total. The van der Waals surface area contributed by atoms with Crippen LogP contribution in [0.2, 0.25) is 0 Å². The molecule has 0 fully saturated rings. The zero-order valence-corrected chi connectivity index (χ0v) is 6.16. The molecule has 0 aliphatic carbocycles. The average Bonchev–Trinajstić information content (AvgIpc) is 1.61. The molecular formula is C4H11IN+. The molecule has 0 heterocycles. The van der Waals surface area contributed by atoms with Gasteiger partial charge in [-0.2, -0.15) is 0 Å². The van der Waals surface area contributed by atoms with E-state index in [0.29, 0.717) is 0 Å². The Morgan fingerprint density at radius 3 is 2.67 bits per heavy atom. The van der Waals surface area contributed by atoms with Crippen molar-refractivity contribution in [2.24, 2.45) is 0 Å². The lowest BCUT2D eigenvalue weighted by molar-refractivity contribution is 0.789. The summed E-state index contributed by atoms with van der Waals surface area (Å²) in [5.74, 6) is 0. The Kier molecular flexibility index (Phi) is 6.34. The highest BCUT2D eigenvalue weighted by atomic mass is 127. The lowest BCUT2D eigenvalue weighted by Gasteiger charge is -1.87. The van der Waals surface area contributed by atoms with E-state index in [0.717, 1.165) is 6.54 Å². The Bertz CT molecular complexity index is 23.7. The second-order valence-electron chi connectivity index (χ2n) is 1.24. The third-order valence-electron chi connectivity index (χ3n) is 0.625. The molecule has 0 saturated carbocycles. The van der Waals surface area contributed by atoms with Crippen LogP contribution in [0.5, 0.6) is 0 Å². The van der Waals surface area contributed by atoms with Crippen molar-refractivity contribution in [3.63, 3.8) is 0 Å². The van der Waals surface area contributed by atoms with Crippen LogP contribution in [0, 0.1) is 0 Å². The van der Waals surface area contributed by atoms with Gasteiger partial charge in [0.1, 0.15) is 0 Å². The van der Waals surface area contributed by atoms with Crippen LogP contribution in [0.25, 0.3) is 0 Å². The van der Waals surface area contributed by atoms with Crippen LogP contribution in [0.15, 0.2) is 0 Å². The van der Waals surface area contributed by atoms with Gasteiger partial charge in [0.2, 0.25) is 0 Å². The summed E-state index contributed by atoms with van der Waals surface area (Å²) in [5, 5.41) is 0. The molecule has 0 atom stereocenters. The van der Waals surface area contributed by atoms with Gasteiger partial charge < -0.3 is 0 Å². The van der Waals surface area contributed by atoms with Crippen molar-refractivity contribution in [2.75, 3.05) is 6.54 Å². The first-order chi connectivity index (χ1) is 2.91. The van der Waals surface area contributed by atoms with Crippen LogP contribution in [0.3, 0.4) is 0 Å². The van der Waals surface area contributed by atoms with Gasteiger partial charge in [-0.1, -0.05) is 13.3 Å². The maximum Gasteiger partial charge on any atom is 1.00 e. The summed E-state index contributed by atoms with van der Waals surface area (Å²) < 4.78 is 3.04. The highest BCUT2D eigenvalue weighted by molar-refractivity contribution is 14.1. The minimum Gasteiger partial charge on any atom is -0.261 e. The number of hydrogen-bond donors (Lipinski definition) is 1. The fourth-order valence-corrected chi connectivity index (χ4v) is 0.625. The first kappa shape index (κ1) is 6.69. The van der Waals surface area contributed by atoms with Gasteiger partial charge in [0.25, 0.3) is 0 Å². The third-order valence-corrected chi connectivity index (χ3v) is 1.16. The van der Waals surface area contributed by atoms with E-state index in [1.165, 1.54) is 12.8 Å². The summed E-state index contributed by atoms with van der Waals surface area (Å²) in [5.41, 5.74) is 0. The molecule has 0 radical (unpaired) electrons. The summed E-state index contributed by atoms with van der Waals surface area (Å²) in [6, 6.07) is 0. The molecule has 6 heavy (non-hydrogen) atoms. The molecule has 0 rings (SSSR count). The van der Waals surface area contributed by atoms with E-state index in [2.05, 4.69) is 33.3 Å². The smallest absolute Gasteiger partial charge is 0.261 e. The topological polar surface area (TPSA) is 12.0 Å². The quantitative estimate of drug-likeness (QED) is 0.416. The van der Waals surface area contributed by atoms with Gasteiger partial charge in [-0.05, 0) is 6.42 Å². The van der Waals surface area contributed by atoms with E-state index in [-0.39, 0.29) is 1.43 Å². The third kappa shape index (κ3) is 4.69.